The SMILES string of the molecule is O=C(Cc1ccccc1Nc1c(Cl)cccc1Cl)N(P=S)C1C[C@H]2CC[C@@H](C1)N2. The second kappa shape index (κ2) is 9.28. The lowest BCUT2D eigenvalue weighted by Gasteiger charge is -2.34. The Labute approximate surface area is 187 Å². The van der Waals surface area contributed by atoms with Gasteiger partial charge in [0.1, 0.15) is 0 Å². The third-order valence-corrected chi connectivity index (χ3v) is 7.60. The number of rotatable bonds is 6. The molecule has 0 spiro atoms. The maximum absolute atomic E-state index is 13.2. The first kappa shape index (κ1) is 21.0. The highest BCUT2D eigenvalue weighted by Crippen LogP contribution is 2.35. The van der Waals surface area contributed by atoms with Crippen molar-refractivity contribution in [1.29, 1.82) is 0 Å². The van der Waals surface area contributed by atoms with Crippen LogP contribution in [-0.4, -0.2) is 28.7 Å². The Hall–Kier alpha value is -1.23. The van der Waals surface area contributed by atoms with Gasteiger partial charge in [0.05, 0.1) is 29.7 Å². The van der Waals surface area contributed by atoms with Crippen molar-refractivity contribution in [2.24, 2.45) is 0 Å². The summed E-state index contributed by atoms with van der Waals surface area (Å²) < 4.78 is 1.86. The van der Waals surface area contributed by atoms with E-state index in [0.29, 0.717) is 35.3 Å². The van der Waals surface area contributed by atoms with Crippen LogP contribution in [-0.2, 0) is 23.0 Å². The molecule has 2 heterocycles. The number of para-hydroxylation sites is 2. The molecule has 2 aliphatic heterocycles. The van der Waals surface area contributed by atoms with E-state index in [2.05, 4.69) is 10.6 Å². The van der Waals surface area contributed by atoms with Crippen LogP contribution in [0.5, 0.6) is 0 Å². The van der Waals surface area contributed by atoms with Crippen LogP contribution in [0, 0.1) is 0 Å². The minimum atomic E-state index is 0.0625. The summed E-state index contributed by atoms with van der Waals surface area (Å²) in [5.41, 5.74) is 2.36. The number of hydrogen-bond acceptors (Lipinski definition) is 4. The molecule has 2 fully saturated rings. The number of nitrogens with one attached hydrogen (secondary N) is 2. The topological polar surface area (TPSA) is 44.4 Å². The number of carbonyl (C=O) groups is 1. The zero-order valence-corrected chi connectivity index (χ0v) is 19.0. The Bertz CT molecular complexity index is 896. The van der Waals surface area contributed by atoms with E-state index in [1.54, 1.807) is 18.2 Å². The van der Waals surface area contributed by atoms with Crippen LogP contribution in [0.4, 0.5) is 11.4 Å². The second-order valence-electron chi connectivity index (χ2n) is 7.64. The summed E-state index contributed by atoms with van der Waals surface area (Å²) >= 11 is 17.9. The van der Waals surface area contributed by atoms with Crippen LogP contribution in [0.15, 0.2) is 42.5 Å². The standard InChI is InChI=1S/C21H22Cl2N3OPS/c22-17-5-3-6-18(23)21(17)25-19-7-2-1-4-13(19)10-20(27)26(28-29)16-11-14-8-9-15(12-16)24-14/h1-7,14-16,24-25H,8-12H2/t14-,15+,16?. The van der Waals surface area contributed by atoms with Gasteiger partial charge in [-0.05, 0) is 61.3 Å². The minimum Gasteiger partial charge on any atom is -0.353 e. The summed E-state index contributed by atoms with van der Waals surface area (Å²) in [6, 6.07) is 14.4. The molecule has 2 N–H and O–H groups in total. The van der Waals surface area contributed by atoms with E-state index in [9.17, 15) is 4.79 Å². The normalized spacial score (nSPS) is 23.2. The van der Waals surface area contributed by atoms with E-state index < -0.39 is 0 Å². The fourth-order valence-electron chi connectivity index (χ4n) is 4.33. The van der Waals surface area contributed by atoms with Gasteiger partial charge in [-0.3, -0.25) is 9.46 Å². The van der Waals surface area contributed by atoms with Gasteiger partial charge in [-0.25, -0.2) is 0 Å². The Balaban J connectivity index is 1.51. The minimum absolute atomic E-state index is 0.0625. The van der Waals surface area contributed by atoms with E-state index >= 15 is 0 Å². The first-order chi connectivity index (χ1) is 14.0. The average molecular weight is 466 g/mol. The monoisotopic (exact) mass is 465 g/mol. The van der Waals surface area contributed by atoms with E-state index in [1.807, 2.05) is 28.9 Å². The lowest BCUT2D eigenvalue weighted by Crippen LogP contribution is -2.47. The Morgan fingerprint density at radius 3 is 2.41 bits per heavy atom. The lowest BCUT2D eigenvalue weighted by atomic mass is 9.99. The van der Waals surface area contributed by atoms with Gasteiger partial charge in [-0.2, -0.15) is 0 Å². The molecule has 0 aliphatic carbocycles. The van der Waals surface area contributed by atoms with Gasteiger partial charge in [0.2, 0.25) is 5.91 Å². The van der Waals surface area contributed by atoms with Crippen molar-refractivity contribution in [2.75, 3.05) is 5.32 Å². The predicted octanol–water partition coefficient (Wildman–Crippen LogP) is 5.71. The van der Waals surface area contributed by atoms with Crippen molar-refractivity contribution in [1.82, 2.24) is 9.99 Å². The van der Waals surface area contributed by atoms with Crippen LogP contribution in [0.25, 0.3) is 0 Å². The van der Waals surface area contributed by atoms with Crippen molar-refractivity contribution in [3.05, 3.63) is 58.1 Å². The van der Waals surface area contributed by atoms with Crippen LogP contribution in [0.2, 0.25) is 10.0 Å². The molecule has 2 aromatic rings. The van der Waals surface area contributed by atoms with Crippen molar-refractivity contribution >= 4 is 59.8 Å². The number of anilines is 2. The van der Waals surface area contributed by atoms with E-state index in [1.165, 1.54) is 12.8 Å². The molecule has 152 valence electrons. The largest absolute Gasteiger partial charge is 0.353 e. The van der Waals surface area contributed by atoms with Gasteiger partial charge in [0.25, 0.3) is 0 Å². The summed E-state index contributed by atoms with van der Waals surface area (Å²) in [7, 11) is 0.595. The molecule has 2 bridgehead atoms. The van der Waals surface area contributed by atoms with Crippen LogP contribution >= 0.6 is 30.7 Å². The number of benzene rings is 2. The number of nitrogens with zero attached hydrogens (tertiary/aromatic N) is 1. The molecular formula is C21H22Cl2N3OPS. The summed E-state index contributed by atoms with van der Waals surface area (Å²) in [6.07, 6.45) is 4.65. The highest BCUT2D eigenvalue weighted by atomic mass is 35.5. The van der Waals surface area contributed by atoms with Gasteiger partial charge in [-0.15, -0.1) is 0 Å². The molecular weight excluding hydrogens is 444 g/mol. The van der Waals surface area contributed by atoms with Crippen LogP contribution in [0.3, 0.4) is 0 Å². The maximum atomic E-state index is 13.2. The number of halogens is 2. The van der Waals surface area contributed by atoms with E-state index in [0.717, 1.165) is 24.1 Å². The zero-order chi connectivity index (χ0) is 20.4. The summed E-state index contributed by atoms with van der Waals surface area (Å²) in [6.45, 7) is 0. The second-order valence-corrected chi connectivity index (χ2v) is 9.54. The molecule has 8 heteroatoms. The zero-order valence-electron chi connectivity index (χ0n) is 15.8. The van der Waals surface area contributed by atoms with Gasteiger partial charge < -0.3 is 10.6 Å². The number of hydrogen-bond donors (Lipinski definition) is 2. The fourth-order valence-corrected chi connectivity index (χ4v) is 5.98. The molecule has 0 radical (unpaired) electrons. The average Bonchev–Trinajstić information content (AvgIpc) is 3.04. The number of piperidine rings is 1. The molecule has 3 atom stereocenters. The van der Waals surface area contributed by atoms with Gasteiger partial charge in [-0.1, -0.05) is 47.5 Å². The van der Waals surface area contributed by atoms with Crippen LogP contribution < -0.4 is 10.6 Å². The molecule has 2 aromatic carbocycles. The molecule has 1 amide bonds. The molecule has 0 aromatic heterocycles. The highest BCUT2D eigenvalue weighted by Gasteiger charge is 2.37. The van der Waals surface area contributed by atoms with Crippen molar-refractivity contribution < 1.29 is 4.79 Å². The van der Waals surface area contributed by atoms with Crippen molar-refractivity contribution in [2.45, 2.75) is 50.2 Å². The van der Waals surface area contributed by atoms with Crippen molar-refractivity contribution in [3.8, 4) is 0 Å². The summed E-state index contributed by atoms with van der Waals surface area (Å²) in [5.74, 6) is 0.0625. The van der Waals surface area contributed by atoms with Crippen molar-refractivity contribution in [3.63, 3.8) is 0 Å². The predicted molar refractivity (Wildman–Crippen MR) is 124 cm³/mol. The quantitative estimate of drug-likeness (QED) is 0.535. The molecule has 4 rings (SSSR count). The van der Waals surface area contributed by atoms with Crippen LogP contribution in [0.1, 0.15) is 31.2 Å². The third kappa shape index (κ3) is 4.76. The Morgan fingerprint density at radius 1 is 1.10 bits per heavy atom. The maximum Gasteiger partial charge on any atom is 0.235 e. The Morgan fingerprint density at radius 2 is 1.76 bits per heavy atom. The third-order valence-electron chi connectivity index (χ3n) is 5.72. The molecule has 2 saturated heterocycles. The van der Waals surface area contributed by atoms with E-state index in [4.69, 9.17) is 35.0 Å². The highest BCUT2D eigenvalue weighted by molar-refractivity contribution is 7.95. The fraction of sp³-hybridized carbons (Fsp3) is 0.381. The Kier molecular flexibility index (Phi) is 6.73. The van der Waals surface area contributed by atoms with E-state index in [-0.39, 0.29) is 18.4 Å². The molecule has 4 nitrogen and oxygen atoms in total. The number of amides is 1. The summed E-state index contributed by atoms with van der Waals surface area (Å²) in [5, 5.41) is 8.00. The molecule has 1 unspecified atom stereocenters. The first-order valence-corrected chi connectivity index (χ1v) is 12.4. The summed E-state index contributed by atoms with van der Waals surface area (Å²) in [4.78, 5) is 13.2. The van der Waals surface area contributed by atoms with Gasteiger partial charge >= 0.3 is 0 Å². The molecule has 0 saturated carbocycles. The molecule has 29 heavy (non-hydrogen) atoms. The number of fused-ring (bicyclic) bond motifs is 2. The number of carbonyl (C=O) groups excluding carboxylic acids is 1. The first-order valence-electron chi connectivity index (χ1n) is 9.75. The van der Waals surface area contributed by atoms with Gasteiger partial charge in [0, 0.05) is 23.8 Å². The smallest absolute Gasteiger partial charge is 0.235 e. The van der Waals surface area contributed by atoms with Gasteiger partial charge in [0.15, 0.2) is 0 Å². The lowest BCUT2D eigenvalue weighted by molar-refractivity contribution is -0.127. The molecule has 2 aliphatic rings.